The molecular formula is C90H111Cl5N10O21S2. The third kappa shape index (κ3) is 33.7. The number of aliphatic hydroxyl groups excluding tert-OH is 1. The molecule has 7 N–H and O–H groups in total. The monoisotopic (exact) mass is 1910 g/mol. The van der Waals surface area contributed by atoms with Crippen LogP contribution in [-0.4, -0.2) is 194 Å². The summed E-state index contributed by atoms with van der Waals surface area (Å²) < 4.78 is 78.9. The highest BCUT2D eigenvalue weighted by molar-refractivity contribution is 8.13. The van der Waals surface area contributed by atoms with Crippen LogP contribution in [0.2, 0.25) is 20.1 Å². The van der Waals surface area contributed by atoms with Gasteiger partial charge in [0.1, 0.15) is 63.7 Å². The Bertz CT molecular complexity index is 5250. The van der Waals surface area contributed by atoms with Crippen LogP contribution in [-0.2, 0) is 90.4 Å². The maximum absolute atomic E-state index is 13.0. The molecular weight excluding hydrogens is 1800 g/mol. The Balaban J connectivity index is 0.000000237. The molecule has 31 nitrogen and oxygen atoms in total. The Labute approximate surface area is 771 Å². The zero-order valence-corrected chi connectivity index (χ0v) is 78.7. The van der Waals surface area contributed by atoms with E-state index in [4.69, 9.17) is 84.1 Å². The summed E-state index contributed by atoms with van der Waals surface area (Å²) in [5.74, 6) is 1.32. The largest absolute Gasteiger partial charge is 0.494 e. The highest BCUT2D eigenvalue weighted by Gasteiger charge is 2.41. The van der Waals surface area contributed by atoms with Crippen molar-refractivity contribution in [3.8, 4) is 11.5 Å². The Kier molecular flexibility index (Phi) is 39.7. The third-order valence-corrected chi connectivity index (χ3v) is 21.2. The number of esters is 1. The topological polar surface area (TPSA) is 422 Å². The first-order valence-corrected chi connectivity index (χ1v) is 47.1. The number of anilines is 4. The van der Waals surface area contributed by atoms with E-state index >= 15 is 0 Å². The van der Waals surface area contributed by atoms with Crippen LogP contribution in [0.1, 0.15) is 168 Å². The smallest absolute Gasteiger partial charge is 0.416 e. The molecule has 6 atom stereocenters. The number of halogens is 5. The van der Waals surface area contributed by atoms with Gasteiger partial charge in [-0.05, 0) is 246 Å². The molecule has 0 fully saturated rings. The maximum atomic E-state index is 13.0. The summed E-state index contributed by atoms with van der Waals surface area (Å²) >= 11 is 24.4. The summed E-state index contributed by atoms with van der Waals surface area (Å²) in [6.07, 6.45) is 16.8. The van der Waals surface area contributed by atoms with Gasteiger partial charge in [-0.15, -0.1) is 0 Å². The van der Waals surface area contributed by atoms with Gasteiger partial charge in [0.15, 0.2) is 0 Å². The highest BCUT2D eigenvalue weighted by Crippen LogP contribution is 2.38. The maximum Gasteiger partial charge on any atom is 0.416 e. The van der Waals surface area contributed by atoms with Crippen LogP contribution in [0.3, 0.4) is 0 Å². The number of fused-ring (bicyclic) bond motifs is 4. The molecule has 8 heterocycles. The SMILES string of the molecule is CC(C)(C)OC(=O)N1c2ncccc2CC1CCCO.CC(C)(C)OC(=O)N1c2ncccc2CC1CCCOS(C)(=O)=O.COC(=O)[C@H](Cc1ccc(OCCCC2Cc3cccnc3N2C(=O)OC(C)(C)C)cc1)NC(=O)c1c(Cl)cccc1Cl.CS(=O)(=O)Cl.O.O=C(N[C@@H](Cc1ccc(OCCCC2Cc3cccnc3N2)cc1)C(=O)O)c1c(Cl)cccc1Cl. The zero-order valence-electron chi connectivity index (χ0n) is 73.3. The molecule has 4 aromatic carbocycles. The second kappa shape index (κ2) is 48.4. The molecule has 0 saturated carbocycles. The number of benzene rings is 4. The van der Waals surface area contributed by atoms with Gasteiger partial charge in [0.05, 0.1) is 70.7 Å². The van der Waals surface area contributed by atoms with Crippen molar-refractivity contribution in [2.24, 2.45) is 0 Å². The second-order valence-corrected chi connectivity index (χ2v) is 39.5. The van der Waals surface area contributed by atoms with Crippen molar-refractivity contribution in [1.29, 1.82) is 0 Å². The molecule has 694 valence electrons. The predicted molar refractivity (Wildman–Crippen MR) is 492 cm³/mol. The average Bonchev–Trinajstić information content (AvgIpc) is 1.63. The summed E-state index contributed by atoms with van der Waals surface area (Å²) in [4.78, 5) is 110. The lowest BCUT2D eigenvalue weighted by atomic mass is 10.0. The number of rotatable bonds is 28. The quantitative estimate of drug-likeness (QED) is 0.00999. The van der Waals surface area contributed by atoms with Gasteiger partial charge >= 0.3 is 30.2 Å². The first kappa shape index (κ1) is 105. The molecule has 4 aromatic heterocycles. The number of carbonyl (C=O) groups excluding carboxylic acids is 6. The molecule has 12 rings (SSSR count). The minimum Gasteiger partial charge on any atom is -0.494 e. The van der Waals surface area contributed by atoms with Gasteiger partial charge in [-0.25, -0.2) is 52.3 Å². The summed E-state index contributed by atoms with van der Waals surface area (Å²) in [7, 11) is -0.879. The molecule has 4 aliphatic rings. The van der Waals surface area contributed by atoms with Gasteiger partial charge in [-0.1, -0.05) is 107 Å². The standard InChI is InChI=1S/C32H35Cl2N3O6.C26H25Cl2N3O4.C16H24N2O5S.C15H22N2O3.CH3ClO2S.H2O/c1-32(2,3)43-31(40)37-22(19-21-8-6-16-35-28(21)37)9-7-17-42-23-14-12-20(13-15-23)18-26(30(39)41-4)36-29(38)27-24(33)10-5-11-25(27)34;27-20-6-1-7-21(28)23(20)25(32)31-22(26(33)34)14-16-8-10-19(11-9-16)35-13-3-5-18-15-17-4-2-12-29-24(17)30-18;1-16(2,3)23-15(19)18-13(8-6-10-22-24(4,20)21)11-12-7-5-9-17-14(12)18;1-15(2,3)20-14(19)17-12(7-5-9-18)10-11-6-4-8-16-13(11)17;1-5(2,3)4;/h5-6,8,10-16,22,26H,7,9,17-19H2,1-4H3,(H,36,38);1-2,4,6-12,18,22H,3,5,13-15H2,(H,29,30)(H,31,32)(H,33,34);5,7,9,13H,6,8,10-11H2,1-4H3;4,6,8,12,18H,5,7,9-10H2,1-3H3;1H3;1H2/t22?,26-;18?,22-;;;;/m00..../s1. The van der Waals surface area contributed by atoms with Crippen LogP contribution in [0.25, 0.3) is 0 Å². The molecule has 0 spiro atoms. The number of methoxy groups -OCH3 is 1. The molecule has 128 heavy (non-hydrogen) atoms. The fourth-order valence-corrected chi connectivity index (χ4v) is 15.5. The van der Waals surface area contributed by atoms with Crippen molar-refractivity contribution in [2.75, 3.05) is 66.1 Å². The van der Waals surface area contributed by atoms with Crippen molar-refractivity contribution in [1.82, 2.24) is 30.6 Å². The average molecular weight is 1910 g/mol. The highest BCUT2D eigenvalue weighted by atomic mass is 35.7. The number of aromatic nitrogens is 4. The van der Waals surface area contributed by atoms with E-state index in [1.165, 1.54) is 24.8 Å². The molecule has 5 amide bonds. The van der Waals surface area contributed by atoms with E-state index in [0.717, 1.165) is 78.3 Å². The molecule has 0 bridgehead atoms. The van der Waals surface area contributed by atoms with Crippen molar-refractivity contribution in [2.45, 2.75) is 205 Å². The van der Waals surface area contributed by atoms with Crippen molar-refractivity contribution < 1.29 is 98.7 Å². The molecule has 0 radical (unpaired) electrons. The van der Waals surface area contributed by atoms with Gasteiger partial charge in [0.2, 0.25) is 9.05 Å². The van der Waals surface area contributed by atoms with Gasteiger partial charge in [0, 0.05) is 79.1 Å². The van der Waals surface area contributed by atoms with Crippen LogP contribution >= 0.6 is 57.1 Å². The van der Waals surface area contributed by atoms with Crippen LogP contribution in [0.15, 0.2) is 158 Å². The van der Waals surface area contributed by atoms with Crippen molar-refractivity contribution >= 4 is 142 Å². The van der Waals surface area contributed by atoms with E-state index in [9.17, 15) is 55.5 Å². The number of aliphatic carboxylic acids is 1. The van der Waals surface area contributed by atoms with Gasteiger partial charge in [0.25, 0.3) is 21.9 Å². The van der Waals surface area contributed by atoms with E-state index < -0.39 is 84.0 Å². The van der Waals surface area contributed by atoms with E-state index in [0.29, 0.717) is 93.2 Å². The number of carboxylic acids is 1. The Morgan fingerprint density at radius 1 is 0.484 bits per heavy atom. The summed E-state index contributed by atoms with van der Waals surface area (Å²) in [6, 6.07) is 37.5. The van der Waals surface area contributed by atoms with E-state index in [-0.39, 0.29) is 87.0 Å². The normalized spacial score (nSPS) is 15.7. The number of carboxylic acid groups (broad SMARTS) is 1. The Morgan fingerprint density at radius 3 is 1.18 bits per heavy atom. The lowest BCUT2D eigenvalue weighted by Crippen LogP contribution is -2.43. The van der Waals surface area contributed by atoms with Crippen LogP contribution in [0, 0.1) is 0 Å². The van der Waals surface area contributed by atoms with Crippen LogP contribution in [0.4, 0.5) is 37.7 Å². The molecule has 4 aliphatic heterocycles. The number of nitrogens with one attached hydrogen (secondary N) is 3. The number of ether oxygens (including phenoxy) is 6. The number of hydrogen-bond donors (Lipinski definition) is 5. The van der Waals surface area contributed by atoms with E-state index in [1.807, 2.05) is 117 Å². The molecule has 8 aromatic rings. The lowest BCUT2D eigenvalue weighted by Gasteiger charge is -2.28. The van der Waals surface area contributed by atoms with E-state index in [1.54, 1.807) is 100 Å². The summed E-state index contributed by atoms with van der Waals surface area (Å²) in [5.41, 5.74) is 4.25. The number of pyridine rings is 4. The number of hydrogen-bond acceptors (Lipinski definition) is 24. The molecule has 0 saturated heterocycles. The fraction of sp³-hybridized carbons (Fsp3) is 0.433. The minimum atomic E-state index is -3.44. The number of nitrogens with zero attached hydrogens (tertiary/aromatic N) is 7. The van der Waals surface area contributed by atoms with Gasteiger partial charge in [-0.3, -0.25) is 28.5 Å². The number of amides is 5. The summed E-state index contributed by atoms with van der Waals surface area (Å²) in [6.45, 7) is 17.8. The Morgan fingerprint density at radius 2 is 0.828 bits per heavy atom. The summed E-state index contributed by atoms with van der Waals surface area (Å²) in [5, 5.41) is 27.9. The number of aliphatic hydroxyl groups is 1. The van der Waals surface area contributed by atoms with Gasteiger partial charge in [-0.2, -0.15) is 8.42 Å². The lowest BCUT2D eigenvalue weighted by molar-refractivity contribution is -0.143. The van der Waals surface area contributed by atoms with Crippen LogP contribution in [0.5, 0.6) is 11.5 Å². The fourth-order valence-electron chi connectivity index (χ4n) is 14.0. The zero-order chi connectivity index (χ0) is 93.1. The minimum absolute atomic E-state index is 0. The van der Waals surface area contributed by atoms with Crippen molar-refractivity contribution in [3.63, 3.8) is 0 Å². The Hall–Kier alpha value is -10.2. The van der Waals surface area contributed by atoms with Crippen molar-refractivity contribution in [3.05, 3.63) is 223 Å². The molecule has 38 heteroatoms. The van der Waals surface area contributed by atoms with Gasteiger partial charge < -0.3 is 60.1 Å². The second-order valence-electron chi connectivity index (χ2n) is 33.1. The van der Waals surface area contributed by atoms with Crippen LogP contribution < -0.4 is 40.1 Å². The molecule has 0 aliphatic carbocycles. The number of carbonyl (C=O) groups is 7. The first-order chi connectivity index (χ1) is 59.9. The third-order valence-electron chi connectivity index (χ3n) is 19.3. The molecule has 4 unspecified atom stereocenters. The first-order valence-electron chi connectivity index (χ1n) is 41.0. The predicted octanol–water partition coefficient (Wildman–Crippen LogP) is 15.8. The van der Waals surface area contributed by atoms with E-state index in [2.05, 4.69) is 52.6 Å².